The maximum atomic E-state index is 12.3. The Bertz CT molecular complexity index is 746. The molecule has 0 aliphatic rings. The van der Waals surface area contributed by atoms with Crippen molar-refractivity contribution in [2.45, 2.75) is 32.6 Å². The molecule has 0 bridgehead atoms. The van der Waals surface area contributed by atoms with Gasteiger partial charge < -0.3 is 15.2 Å². The zero-order valence-electron chi connectivity index (χ0n) is 15.0. The van der Waals surface area contributed by atoms with Crippen molar-refractivity contribution in [1.82, 2.24) is 5.32 Å². The number of ether oxygens (including phenoxy) is 1. The normalized spacial score (nSPS) is 11.2. The Morgan fingerprint density at radius 3 is 2.56 bits per heavy atom. The maximum Gasteiger partial charge on any atom is 0.256 e. The molecule has 2 aromatic carbocycles. The molecule has 0 saturated carbocycles. The highest BCUT2D eigenvalue weighted by molar-refractivity contribution is 6.34. The fourth-order valence-corrected chi connectivity index (χ4v) is 2.83. The number of carbonyl (C=O) groups is 1. The van der Waals surface area contributed by atoms with Crippen LogP contribution in [0, 0.1) is 0 Å². The lowest BCUT2D eigenvalue weighted by Crippen LogP contribution is -2.26. The lowest BCUT2D eigenvalue weighted by atomic mass is 9.85. The van der Waals surface area contributed by atoms with Crippen LogP contribution in [-0.2, 0) is 11.8 Å². The van der Waals surface area contributed by atoms with Crippen molar-refractivity contribution in [2.24, 2.45) is 0 Å². The summed E-state index contributed by atoms with van der Waals surface area (Å²) in [7, 11) is 1.63. The number of nitrogens with one attached hydrogen (secondary N) is 1. The van der Waals surface area contributed by atoms with Crippen molar-refractivity contribution in [3.05, 3.63) is 58.1 Å². The number of phenolic OH excluding ortho intramolecular Hbond substituents is 1. The molecule has 2 aromatic rings. The Morgan fingerprint density at radius 1 is 1.24 bits per heavy atom. The highest BCUT2D eigenvalue weighted by atomic mass is 35.5. The highest BCUT2D eigenvalue weighted by Gasteiger charge is 2.17. The van der Waals surface area contributed by atoms with Crippen molar-refractivity contribution in [3.8, 4) is 11.5 Å². The molecule has 0 unspecified atom stereocenters. The van der Waals surface area contributed by atoms with Gasteiger partial charge in [0.2, 0.25) is 0 Å². The van der Waals surface area contributed by atoms with Gasteiger partial charge in [-0.1, -0.05) is 50.6 Å². The van der Waals surface area contributed by atoms with Gasteiger partial charge in [0.05, 0.1) is 17.7 Å². The predicted molar refractivity (Wildman–Crippen MR) is 101 cm³/mol. The zero-order valence-corrected chi connectivity index (χ0v) is 15.8. The molecule has 0 radical (unpaired) electrons. The molecule has 5 heteroatoms. The number of methoxy groups -OCH3 is 1. The number of phenols is 1. The van der Waals surface area contributed by atoms with Crippen molar-refractivity contribution < 1.29 is 14.6 Å². The molecule has 0 spiro atoms. The van der Waals surface area contributed by atoms with E-state index in [1.807, 2.05) is 6.07 Å². The Labute approximate surface area is 153 Å². The third kappa shape index (κ3) is 4.67. The van der Waals surface area contributed by atoms with Gasteiger partial charge >= 0.3 is 0 Å². The van der Waals surface area contributed by atoms with E-state index in [-0.39, 0.29) is 21.8 Å². The van der Waals surface area contributed by atoms with E-state index in [1.165, 1.54) is 11.6 Å². The summed E-state index contributed by atoms with van der Waals surface area (Å²) in [6.07, 6.45) is 0.615. The number of halogens is 1. The van der Waals surface area contributed by atoms with E-state index >= 15 is 0 Å². The van der Waals surface area contributed by atoms with Crippen LogP contribution < -0.4 is 10.1 Å². The average Bonchev–Trinajstić information content (AvgIpc) is 2.53. The molecular weight excluding hydrogens is 338 g/mol. The lowest BCUT2D eigenvalue weighted by Gasteiger charge is -2.21. The van der Waals surface area contributed by atoms with Gasteiger partial charge in [0.25, 0.3) is 5.91 Å². The van der Waals surface area contributed by atoms with Crippen molar-refractivity contribution in [3.63, 3.8) is 0 Å². The molecule has 2 rings (SSSR count). The van der Waals surface area contributed by atoms with E-state index in [1.54, 1.807) is 19.2 Å². The van der Waals surface area contributed by atoms with E-state index in [0.29, 0.717) is 13.0 Å². The molecule has 0 aliphatic carbocycles. The number of carbonyl (C=O) groups excluding carboxylic acids is 1. The second-order valence-corrected chi connectivity index (χ2v) is 7.32. The molecule has 0 aliphatic heterocycles. The lowest BCUT2D eigenvalue weighted by molar-refractivity contribution is 0.0951. The quantitative estimate of drug-likeness (QED) is 0.833. The predicted octanol–water partition coefficient (Wildman–Crippen LogP) is 4.32. The Balaban J connectivity index is 2.10. The first-order valence-electron chi connectivity index (χ1n) is 8.17. The molecule has 0 saturated heterocycles. The summed E-state index contributed by atoms with van der Waals surface area (Å²) in [6.45, 7) is 6.87. The van der Waals surface area contributed by atoms with Gasteiger partial charge in [0.15, 0.2) is 0 Å². The summed E-state index contributed by atoms with van der Waals surface area (Å²) in [4.78, 5) is 12.3. The molecule has 0 fully saturated rings. The highest BCUT2D eigenvalue weighted by Crippen LogP contribution is 2.28. The second kappa shape index (κ2) is 7.79. The van der Waals surface area contributed by atoms with Gasteiger partial charge in [-0.05, 0) is 41.2 Å². The molecule has 0 heterocycles. The third-order valence-corrected chi connectivity index (χ3v) is 4.36. The first-order valence-corrected chi connectivity index (χ1v) is 8.55. The molecular formula is C20H24ClNO3. The second-order valence-electron chi connectivity index (χ2n) is 6.92. The summed E-state index contributed by atoms with van der Waals surface area (Å²) in [5, 5.41) is 12.8. The summed E-state index contributed by atoms with van der Waals surface area (Å²) >= 11 is 6.00. The first kappa shape index (κ1) is 19.1. The number of hydrogen-bond donors (Lipinski definition) is 2. The topological polar surface area (TPSA) is 58.6 Å². The summed E-state index contributed by atoms with van der Waals surface area (Å²) in [5.41, 5.74) is 2.37. The minimum atomic E-state index is -0.394. The minimum Gasteiger partial charge on any atom is -0.507 e. The van der Waals surface area contributed by atoms with Crippen molar-refractivity contribution in [1.29, 1.82) is 0 Å². The van der Waals surface area contributed by atoms with Gasteiger partial charge in [0, 0.05) is 6.54 Å². The van der Waals surface area contributed by atoms with Crippen LogP contribution in [0.25, 0.3) is 0 Å². The van der Waals surface area contributed by atoms with Crippen LogP contribution in [-0.4, -0.2) is 24.7 Å². The molecule has 2 N–H and O–H groups in total. The Hall–Kier alpha value is -2.20. The van der Waals surface area contributed by atoms with Gasteiger partial charge in [-0.15, -0.1) is 0 Å². The number of benzene rings is 2. The third-order valence-electron chi connectivity index (χ3n) is 4.05. The van der Waals surface area contributed by atoms with Crippen molar-refractivity contribution in [2.75, 3.05) is 13.7 Å². The largest absolute Gasteiger partial charge is 0.507 e. The molecule has 0 aromatic heterocycles. The SMILES string of the molecule is COc1ccc(C(C)(C)C)cc1CCNC(=O)c1c(O)cccc1Cl. The molecule has 134 valence electrons. The first-order chi connectivity index (χ1) is 11.7. The summed E-state index contributed by atoms with van der Waals surface area (Å²) in [6, 6.07) is 10.7. The summed E-state index contributed by atoms with van der Waals surface area (Å²) < 4.78 is 5.42. The van der Waals surface area contributed by atoms with Crippen molar-refractivity contribution >= 4 is 17.5 Å². The van der Waals surface area contributed by atoms with Crippen LogP contribution in [0.3, 0.4) is 0 Å². The minimum absolute atomic E-state index is 0.0353. The summed E-state index contributed by atoms with van der Waals surface area (Å²) in [5.74, 6) is 0.272. The van der Waals surface area contributed by atoms with E-state index in [9.17, 15) is 9.90 Å². The van der Waals surface area contributed by atoms with Crippen LogP contribution in [0.2, 0.25) is 5.02 Å². The molecule has 0 atom stereocenters. The Morgan fingerprint density at radius 2 is 1.96 bits per heavy atom. The molecule has 25 heavy (non-hydrogen) atoms. The van der Waals surface area contributed by atoms with Crippen LogP contribution in [0.1, 0.15) is 42.3 Å². The Kier molecular flexibility index (Phi) is 5.96. The molecule has 1 amide bonds. The fraction of sp³-hybridized carbons (Fsp3) is 0.350. The average molecular weight is 362 g/mol. The maximum absolute atomic E-state index is 12.3. The standard InChI is InChI=1S/C20H24ClNO3/c1-20(2,3)14-8-9-17(25-4)13(12-14)10-11-22-19(24)18-15(21)6-5-7-16(18)23/h5-9,12,23H,10-11H2,1-4H3,(H,22,24). The van der Waals surface area contributed by atoms with E-state index < -0.39 is 5.91 Å². The number of aromatic hydroxyl groups is 1. The van der Waals surface area contributed by atoms with Crippen LogP contribution in [0.4, 0.5) is 0 Å². The zero-order chi connectivity index (χ0) is 18.6. The smallest absolute Gasteiger partial charge is 0.256 e. The number of rotatable bonds is 5. The van der Waals surface area contributed by atoms with E-state index in [4.69, 9.17) is 16.3 Å². The van der Waals surface area contributed by atoms with E-state index in [0.717, 1.165) is 11.3 Å². The van der Waals surface area contributed by atoms with Crippen LogP contribution >= 0.6 is 11.6 Å². The van der Waals surface area contributed by atoms with Crippen LogP contribution in [0.15, 0.2) is 36.4 Å². The monoisotopic (exact) mass is 361 g/mol. The van der Waals surface area contributed by atoms with Gasteiger partial charge in [0.1, 0.15) is 11.5 Å². The molecule has 4 nitrogen and oxygen atoms in total. The van der Waals surface area contributed by atoms with Gasteiger partial charge in [-0.2, -0.15) is 0 Å². The van der Waals surface area contributed by atoms with Crippen LogP contribution in [0.5, 0.6) is 11.5 Å². The van der Waals surface area contributed by atoms with Gasteiger partial charge in [-0.25, -0.2) is 0 Å². The number of amides is 1. The van der Waals surface area contributed by atoms with E-state index in [2.05, 4.69) is 38.2 Å². The van der Waals surface area contributed by atoms with Gasteiger partial charge in [-0.3, -0.25) is 4.79 Å². The fourth-order valence-electron chi connectivity index (χ4n) is 2.58. The number of hydrogen-bond acceptors (Lipinski definition) is 3.